The second-order valence-corrected chi connectivity index (χ2v) is 5.77. The maximum Gasteiger partial charge on any atom is 0.0112 e. The Labute approximate surface area is 107 Å². The van der Waals surface area contributed by atoms with E-state index < -0.39 is 0 Å². The van der Waals surface area contributed by atoms with Crippen LogP contribution in [0.1, 0.15) is 39.0 Å². The Kier molecular flexibility index (Phi) is 5.26. The average Bonchev–Trinajstić information content (AvgIpc) is 2.55. The topological polar surface area (TPSA) is 18.5 Å². The van der Waals surface area contributed by atoms with Crippen molar-refractivity contribution in [2.45, 2.75) is 51.1 Å². The van der Waals surface area contributed by atoms with Gasteiger partial charge in [0.1, 0.15) is 0 Å². The molecule has 2 atom stereocenters. The lowest BCUT2D eigenvalue weighted by Gasteiger charge is -2.37. The Bertz CT molecular complexity index is 218. The molecule has 3 heteroatoms. The average molecular weight is 239 g/mol. The highest BCUT2D eigenvalue weighted by molar-refractivity contribution is 4.85. The molecule has 0 aromatic carbocycles. The number of rotatable bonds is 3. The van der Waals surface area contributed by atoms with Gasteiger partial charge in [-0.3, -0.25) is 4.90 Å². The van der Waals surface area contributed by atoms with E-state index in [-0.39, 0.29) is 0 Å². The Morgan fingerprint density at radius 1 is 1.06 bits per heavy atom. The highest BCUT2D eigenvalue weighted by atomic mass is 15.2. The van der Waals surface area contributed by atoms with Crippen LogP contribution in [-0.2, 0) is 0 Å². The minimum absolute atomic E-state index is 0.778. The lowest BCUT2D eigenvalue weighted by atomic mass is 9.90. The van der Waals surface area contributed by atoms with Gasteiger partial charge in [-0.05, 0) is 52.4 Å². The maximum atomic E-state index is 3.64. The molecule has 1 saturated carbocycles. The number of nitrogens with zero attached hydrogens (tertiary/aromatic N) is 2. The Balaban J connectivity index is 1.83. The maximum absolute atomic E-state index is 3.64. The van der Waals surface area contributed by atoms with Crippen LogP contribution in [0.15, 0.2) is 0 Å². The first-order chi connectivity index (χ1) is 8.29. The van der Waals surface area contributed by atoms with E-state index in [2.05, 4.69) is 29.1 Å². The van der Waals surface area contributed by atoms with E-state index in [1.165, 1.54) is 58.3 Å². The first kappa shape index (κ1) is 13.3. The van der Waals surface area contributed by atoms with Gasteiger partial charge in [0.25, 0.3) is 0 Å². The van der Waals surface area contributed by atoms with Crippen LogP contribution in [0.2, 0.25) is 0 Å². The lowest BCUT2D eigenvalue weighted by Crippen LogP contribution is -2.45. The fourth-order valence-electron chi connectivity index (χ4n) is 3.40. The van der Waals surface area contributed by atoms with E-state index in [1.54, 1.807) is 0 Å². The molecule has 2 fully saturated rings. The molecule has 0 radical (unpaired) electrons. The van der Waals surface area contributed by atoms with Crippen molar-refractivity contribution in [3.05, 3.63) is 0 Å². The van der Waals surface area contributed by atoms with Gasteiger partial charge in [-0.25, -0.2) is 0 Å². The molecule has 1 heterocycles. The van der Waals surface area contributed by atoms with Crippen molar-refractivity contribution in [2.75, 3.05) is 39.8 Å². The second kappa shape index (κ2) is 6.72. The summed E-state index contributed by atoms with van der Waals surface area (Å²) in [5, 5.41) is 3.64. The molecule has 0 amide bonds. The third kappa shape index (κ3) is 3.94. The Hall–Kier alpha value is -0.120. The van der Waals surface area contributed by atoms with Crippen LogP contribution < -0.4 is 5.32 Å². The van der Waals surface area contributed by atoms with Crippen LogP contribution in [-0.4, -0.2) is 61.7 Å². The van der Waals surface area contributed by atoms with Gasteiger partial charge in [0.05, 0.1) is 0 Å². The normalized spacial score (nSPS) is 33.5. The van der Waals surface area contributed by atoms with Crippen molar-refractivity contribution in [1.29, 1.82) is 0 Å². The van der Waals surface area contributed by atoms with E-state index >= 15 is 0 Å². The highest BCUT2D eigenvalue weighted by Crippen LogP contribution is 2.24. The number of hydrogen-bond acceptors (Lipinski definition) is 3. The summed E-state index contributed by atoms with van der Waals surface area (Å²) in [6.07, 6.45) is 6.94. The van der Waals surface area contributed by atoms with Crippen LogP contribution in [0.4, 0.5) is 0 Å². The molecular formula is C14H29N3. The van der Waals surface area contributed by atoms with Crippen molar-refractivity contribution >= 4 is 0 Å². The minimum atomic E-state index is 0.778. The summed E-state index contributed by atoms with van der Waals surface area (Å²) in [7, 11) is 2.26. The van der Waals surface area contributed by atoms with Crippen molar-refractivity contribution < 1.29 is 0 Å². The standard InChI is InChI=1S/C14H29N3/c1-3-15-13-6-4-7-14(12-13)17-9-5-8-16(2)10-11-17/h13-15H,3-12H2,1-2H3. The zero-order chi connectivity index (χ0) is 12.1. The van der Waals surface area contributed by atoms with Crippen molar-refractivity contribution in [2.24, 2.45) is 0 Å². The fraction of sp³-hybridized carbons (Fsp3) is 1.00. The van der Waals surface area contributed by atoms with Crippen molar-refractivity contribution in [1.82, 2.24) is 15.1 Å². The number of nitrogens with one attached hydrogen (secondary N) is 1. The third-order valence-corrected chi connectivity index (χ3v) is 4.41. The minimum Gasteiger partial charge on any atom is -0.314 e. The molecule has 1 saturated heterocycles. The summed E-state index contributed by atoms with van der Waals surface area (Å²) < 4.78 is 0. The largest absolute Gasteiger partial charge is 0.314 e. The van der Waals surface area contributed by atoms with E-state index in [0.29, 0.717) is 0 Å². The molecule has 1 N–H and O–H groups in total. The first-order valence-corrected chi connectivity index (χ1v) is 7.45. The van der Waals surface area contributed by atoms with Crippen LogP contribution in [0.25, 0.3) is 0 Å². The molecular weight excluding hydrogens is 210 g/mol. The van der Waals surface area contributed by atoms with E-state index in [9.17, 15) is 0 Å². The Morgan fingerprint density at radius 3 is 2.76 bits per heavy atom. The summed E-state index contributed by atoms with van der Waals surface area (Å²) in [5.41, 5.74) is 0. The summed E-state index contributed by atoms with van der Waals surface area (Å²) >= 11 is 0. The van der Waals surface area contributed by atoms with Gasteiger partial charge in [0.2, 0.25) is 0 Å². The molecule has 0 aromatic rings. The highest BCUT2D eigenvalue weighted by Gasteiger charge is 2.26. The van der Waals surface area contributed by atoms with Crippen molar-refractivity contribution in [3.63, 3.8) is 0 Å². The molecule has 0 spiro atoms. The van der Waals surface area contributed by atoms with Gasteiger partial charge in [-0.15, -0.1) is 0 Å². The van der Waals surface area contributed by atoms with Crippen LogP contribution >= 0.6 is 0 Å². The molecule has 2 aliphatic rings. The molecule has 3 nitrogen and oxygen atoms in total. The van der Waals surface area contributed by atoms with E-state index in [1.807, 2.05) is 0 Å². The van der Waals surface area contributed by atoms with Crippen LogP contribution in [0.5, 0.6) is 0 Å². The second-order valence-electron chi connectivity index (χ2n) is 5.77. The third-order valence-electron chi connectivity index (χ3n) is 4.41. The number of likely N-dealkylation sites (N-methyl/N-ethyl adjacent to an activating group) is 1. The predicted octanol–water partition coefficient (Wildman–Crippen LogP) is 1.54. The lowest BCUT2D eigenvalue weighted by molar-refractivity contribution is 0.144. The van der Waals surface area contributed by atoms with Gasteiger partial charge in [0, 0.05) is 25.2 Å². The van der Waals surface area contributed by atoms with Gasteiger partial charge in [0.15, 0.2) is 0 Å². The van der Waals surface area contributed by atoms with Gasteiger partial charge >= 0.3 is 0 Å². The molecule has 0 bridgehead atoms. The summed E-state index contributed by atoms with van der Waals surface area (Å²) in [6, 6.07) is 1.62. The monoisotopic (exact) mass is 239 g/mol. The number of hydrogen-bond donors (Lipinski definition) is 1. The smallest absolute Gasteiger partial charge is 0.0112 e. The fourth-order valence-corrected chi connectivity index (χ4v) is 3.40. The first-order valence-electron chi connectivity index (χ1n) is 7.45. The molecule has 1 aliphatic carbocycles. The summed E-state index contributed by atoms with van der Waals surface area (Å²) in [4.78, 5) is 5.23. The van der Waals surface area contributed by atoms with Crippen LogP contribution in [0.3, 0.4) is 0 Å². The molecule has 100 valence electrons. The van der Waals surface area contributed by atoms with E-state index in [0.717, 1.165) is 18.6 Å². The predicted molar refractivity (Wildman–Crippen MR) is 73.4 cm³/mol. The molecule has 17 heavy (non-hydrogen) atoms. The zero-order valence-electron chi connectivity index (χ0n) is 11.6. The Morgan fingerprint density at radius 2 is 1.94 bits per heavy atom. The van der Waals surface area contributed by atoms with Gasteiger partial charge < -0.3 is 10.2 Å². The van der Waals surface area contributed by atoms with Crippen molar-refractivity contribution in [3.8, 4) is 0 Å². The molecule has 0 aromatic heterocycles. The summed E-state index contributed by atoms with van der Waals surface area (Å²) in [5.74, 6) is 0. The van der Waals surface area contributed by atoms with E-state index in [4.69, 9.17) is 0 Å². The molecule has 2 unspecified atom stereocenters. The quantitative estimate of drug-likeness (QED) is 0.806. The SMILES string of the molecule is CCNC1CCCC(N2CCCN(C)CC2)C1. The molecule has 1 aliphatic heterocycles. The summed E-state index contributed by atoms with van der Waals surface area (Å²) in [6.45, 7) is 8.47. The zero-order valence-corrected chi connectivity index (χ0v) is 11.6. The van der Waals surface area contributed by atoms with Gasteiger partial charge in [-0.2, -0.15) is 0 Å². The van der Waals surface area contributed by atoms with Crippen LogP contribution in [0, 0.1) is 0 Å². The molecule has 2 rings (SSSR count). The van der Waals surface area contributed by atoms with Gasteiger partial charge in [-0.1, -0.05) is 13.3 Å².